The summed E-state index contributed by atoms with van der Waals surface area (Å²) in [6, 6.07) is 8.02. The van der Waals surface area contributed by atoms with Gasteiger partial charge in [0, 0.05) is 6.04 Å². The zero-order valence-corrected chi connectivity index (χ0v) is 11.1. The van der Waals surface area contributed by atoms with Crippen LogP contribution < -0.4 is 15.2 Å². The molecule has 1 fully saturated rings. The lowest BCUT2D eigenvalue weighted by molar-refractivity contribution is 0.132. The maximum atomic E-state index is 6.07. The van der Waals surface area contributed by atoms with E-state index >= 15 is 0 Å². The Bertz CT molecular complexity index is 350. The van der Waals surface area contributed by atoms with Gasteiger partial charge >= 0.3 is 0 Å². The number of benzene rings is 1. The fourth-order valence-electron chi connectivity index (χ4n) is 2.28. The lowest BCUT2D eigenvalue weighted by atomic mass is 9.93. The highest BCUT2D eigenvalue weighted by Gasteiger charge is 2.23. The first kappa shape index (κ1) is 13.2. The molecule has 100 valence electrons. The highest BCUT2D eigenvalue weighted by molar-refractivity contribution is 5.31. The molecule has 0 aromatic heterocycles. The molecule has 1 aliphatic carbocycles. The van der Waals surface area contributed by atoms with Gasteiger partial charge in [0.2, 0.25) is 0 Å². The van der Waals surface area contributed by atoms with Crippen molar-refractivity contribution >= 4 is 0 Å². The molecule has 1 aliphatic rings. The van der Waals surface area contributed by atoms with E-state index in [9.17, 15) is 0 Å². The van der Waals surface area contributed by atoms with Gasteiger partial charge in [0.25, 0.3) is 0 Å². The third-order valence-corrected chi connectivity index (χ3v) is 3.34. The van der Waals surface area contributed by atoms with Gasteiger partial charge in [0.05, 0.1) is 6.61 Å². The molecule has 0 bridgehead atoms. The van der Waals surface area contributed by atoms with E-state index in [2.05, 4.69) is 6.92 Å². The summed E-state index contributed by atoms with van der Waals surface area (Å²) in [7, 11) is 0. The molecule has 2 rings (SSSR count). The van der Waals surface area contributed by atoms with Gasteiger partial charge in [0.15, 0.2) is 0 Å². The number of nitrogens with two attached hydrogens (primary N) is 1. The summed E-state index contributed by atoms with van der Waals surface area (Å²) in [6.45, 7) is 2.86. The minimum atomic E-state index is 0.168. The summed E-state index contributed by atoms with van der Waals surface area (Å²) in [4.78, 5) is 0. The Morgan fingerprint density at radius 3 is 2.44 bits per heavy atom. The molecule has 0 radical (unpaired) electrons. The number of hydrogen-bond acceptors (Lipinski definition) is 3. The highest BCUT2D eigenvalue weighted by atomic mass is 16.5. The van der Waals surface area contributed by atoms with Crippen LogP contribution in [0.15, 0.2) is 24.3 Å². The Kier molecular flexibility index (Phi) is 4.88. The van der Waals surface area contributed by atoms with Crippen LogP contribution in [0.25, 0.3) is 0 Å². The molecule has 18 heavy (non-hydrogen) atoms. The van der Waals surface area contributed by atoms with Gasteiger partial charge in [-0.25, -0.2) is 0 Å². The van der Waals surface area contributed by atoms with Crippen LogP contribution in [0, 0.1) is 0 Å². The molecule has 3 nitrogen and oxygen atoms in total. The summed E-state index contributed by atoms with van der Waals surface area (Å²) in [5.41, 5.74) is 6.07. The van der Waals surface area contributed by atoms with Crippen LogP contribution in [0.2, 0.25) is 0 Å². The van der Waals surface area contributed by atoms with E-state index in [4.69, 9.17) is 15.2 Å². The third-order valence-electron chi connectivity index (χ3n) is 3.34. The summed E-state index contributed by atoms with van der Waals surface area (Å²) >= 11 is 0. The van der Waals surface area contributed by atoms with Crippen molar-refractivity contribution in [3.05, 3.63) is 24.3 Å². The molecular formula is C15H23NO2. The predicted molar refractivity (Wildman–Crippen MR) is 73.1 cm³/mol. The Morgan fingerprint density at radius 2 is 1.78 bits per heavy atom. The minimum absolute atomic E-state index is 0.168. The SMILES string of the molecule is CCCOc1ccc(OC2CCCCC2N)cc1. The first-order valence-electron chi connectivity index (χ1n) is 6.94. The predicted octanol–water partition coefficient (Wildman–Crippen LogP) is 3.12. The fraction of sp³-hybridized carbons (Fsp3) is 0.600. The number of ether oxygens (including phenoxy) is 2. The summed E-state index contributed by atoms with van der Waals surface area (Å²) < 4.78 is 11.5. The average molecular weight is 249 g/mol. The van der Waals surface area contributed by atoms with Crippen molar-refractivity contribution in [2.45, 2.75) is 51.2 Å². The quantitative estimate of drug-likeness (QED) is 0.872. The van der Waals surface area contributed by atoms with Crippen molar-refractivity contribution in [3.8, 4) is 11.5 Å². The smallest absolute Gasteiger partial charge is 0.120 e. The summed E-state index contributed by atoms with van der Waals surface area (Å²) in [5.74, 6) is 1.79. The molecule has 0 spiro atoms. The molecule has 0 amide bonds. The maximum Gasteiger partial charge on any atom is 0.120 e. The normalized spacial score (nSPS) is 23.7. The van der Waals surface area contributed by atoms with Crippen molar-refractivity contribution in [2.24, 2.45) is 5.73 Å². The molecular weight excluding hydrogens is 226 g/mol. The molecule has 0 heterocycles. The van der Waals surface area contributed by atoms with E-state index in [1.807, 2.05) is 24.3 Å². The van der Waals surface area contributed by atoms with Crippen LogP contribution in [0.3, 0.4) is 0 Å². The third kappa shape index (κ3) is 3.64. The second kappa shape index (κ2) is 6.64. The van der Waals surface area contributed by atoms with Crippen LogP contribution >= 0.6 is 0 Å². The molecule has 3 heteroatoms. The maximum absolute atomic E-state index is 6.07. The lowest BCUT2D eigenvalue weighted by Crippen LogP contribution is -2.41. The largest absolute Gasteiger partial charge is 0.494 e. The van der Waals surface area contributed by atoms with Crippen LogP contribution in [0.5, 0.6) is 11.5 Å². The highest BCUT2D eigenvalue weighted by Crippen LogP contribution is 2.24. The van der Waals surface area contributed by atoms with Crippen molar-refractivity contribution in [1.82, 2.24) is 0 Å². The zero-order chi connectivity index (χ0) is 12.8. The Labute approximate surface area is 109 Å². The Morgan fingerprint density at radius 1 is 1.11 bits per heavy atom. The van der Waals surface area contributed by atoms with Gasteiger partial charge in [-0.05, 0) is 49.9 Å². The first-order chi connectivity index (χ1) is 8.79. The fourth-order valence-corrected chi connectivity index (χ4v) is 2.28. The average Bonchev–Trinajstić information content (AvgIpc) is 2.41. The van der Waals surface area contributed by atoms with E-state index in [0.29, 0.717) is 0 Å². The number of hydrogen-bond donors (Lipinski definition) is 1. The van der Waals surface area contributed by atoms with Gasteiger partial charge in [-0.3, -0.25) is 0 Å². The Balaban J connectivity index is 1.89. The van der Waals surface area contributed by atoms with Gasteiger partial charge in [-0.2, -0.15) is 0 Å². The molecule has 0 saturated heterocycles. The van der Waals surface area contributed by atoms with Gasteiger partial charge < -0.3 is 15.2 Å². The van der Waals surface area contributed by atoms with Crippen LogP contribution in [-0.2, 0) is 0 Å². The van der Waals surface area contributed by atoms with Crippen molar-refractivity contribution in [1.29, 1.82) is 0 Å². The molecule has 1 saturated carbocycles. The molecule has 2 atom stereocenters. The van der Waals surface area contributed by atoms with Crippen LogP contribution in [-0.4, -0.2) is 18.8 Å². The Hall–Kier alpha value is -1.22. The zero-order valence-electron chi connectivity index (χ0n) is 11.1. The van der Waals surface area contributed by atoms with Crippen molar-refractivity contribution in [3.63, 3.8) is 0 Å². The molecule has 2 unspecified atom stereocenters. The topological polar surface area (TPSA) is 44.5 Å². The van der Waals surface area contributed by atoms with Crippen molar-refractivity contribution in [2.75, 3.05) is 6.61 Å². The minimum Gasteiger partial charge on any atom is -0.494 e. The van der Waals surface area contributed by atoms with E-state index < -0.39 is 0 Å². The second-order valence-electron chi connectivity index (χ2n) is 4.92. The standard InChI is InChI=1S/C15H23NO2/c1-2-11-17-12-7-9-13(10-8-12)18-15-6-4-3-5-14(15)16/h7-10,14-15H,2-6,11,16H2,1H3. The molecule has 2 N–H and O–H groups in total. The van der Waals surface area contributed by atoms with Gasteiger partial charge in [-0.1, -0.05) is 13.3 Å². The van der Waals surface area contributed by atoms with E-state index in [1.54, 1.807) is 0 Å². The van der Waals surface area contributed by atoms with Gasteiger partial charge in [0.1, 0.15) is 17.6 Å². The molecule has 1 aromatic carbocycles. The molecule has 1 aromatic rings. The van der Waals surface area contributed by atoms with Crippen molar-refractivity contribution < 1.29 is 9.47 Å². The second-order valence-corrected chi connectivity index (χ2v) is 4.92. The van der Waals surface area contributed by atoms with Crippen LogP contribution in [0.1, 0.15) is 39.0 Å². The number of rotatable bonds is 5. The van der Waals surface area contributed by atoms with E-state index in [-0.39, 0.29) is 12.1 Å². The monoisotopic (exact) mass is 249 g/mol. The van der Waals surface area contributed by atoms with Crippen LogP contribution in [0.4, 0.5) is 0 Å². The summed E-state index contributed by atoms with van der Waals surface area (Å²) in [6.07, 6.45) is 5.77. The van der Waals surface area contributed by atoms with E-state index in [1.165, 1.54) is 12.8 Å². The lowest BCUT2D eigenvalue weighted by Gasteiger charge is -2.29. The summed E-state index contributed by atoms with van der Waals surface area (Å²) in [5, 5.41) is 0. The van der Waals surface area contributed by atoms with E-state index in [0.717, 1.165) is 37.4 Å². The first-order valence-corrected chi connectivity index (χ1v) is 6.94. The van der Waals surface area contributed by atoms with Gasteiger partial charge in [-0.15, -0.1) is 0 Å². The molecule has 0 aliphatic heterocycles.